The van der Waals surface area contributed by atoms with Gasteiger partial charge < -0.3 is 14.2 Å². The van der Waals surface area contributed by atoms with Gasteiger partial charge in [0.2, 0.25) is 0 Å². The average Bonchev–Trinajstić information content (AvgIpc) is 2.39. The van der Waals surface area contributed by atoms with E-state index in [1.54, 1.807) is 0 Å². The molecule has 18 heavy (non-hydrogen) atoms. The smallest absolute Gasteiger partial charge is 0.332 e. The first kappa shape index (κ1) is 17.3. The van der Waals surface area contributed by atoms with Gasteiger partial charge in [0.05, 0.1) is 16.1 Å². The molecule has 0 heterocycles. The van der Waals surface area contributed by atoms with Crippen molar-refractivity contribution < 1.29 is 19.0 Å². The third-order valence-electron chi connectivity index (χ3n) is 2.42. The van der Waals surface area contributed by atoms with Crippen LogP contribution in [0, 0.1) is 0 Å². The second-order valence-corrected chi connectivity index (χ2v) is 5.90. The lowest BCUT2D eigenvalue weighted by Crippen LogP contribution is -2.08. The summed E-state index contributed by atoms with van der Waals surface area (Å²) in [5.74, 6) is -0.440. The summed E-state index contributed by atoms with van der Waals surface area (Å²) in [4.78, 5) is 10.7. The van der Waals surface area contributed by atoms with Crippen molar-refractivity contribution in [3.8, 4) is 0 Å². The summed E-state index contributed by atoms with van der Waals surface area (Å²) in [6, 6.07) is 1.21. The minimum atomic E-state index is -0.440. The molecule has 0 rings (SSSR count). The molecule has 0 radical (unpaired) electrons. The van der Waals surface area contributed by atoms with Crippen LogP contribution in [0.2, 0.25) is 6.04 Å². The van der Waals surface area contributed by atoms with E-state index in [2.05, 4.69) is 18.2 Å². The Balaban J connectivity index is 2.98. The molecule has 0 aliphatic carbocycles. The third kappa shape index (κ3) is 13.4. The van der Waals surface area contributed by atoms with Gasteiger partial charge in [-0.15, -0.1) is 0 Å². The van der Waals surface area contributed by atoms with Crippen LogP contribution < -0.4 is 0 Å². The maximum absolute atomic E-state index is 10.7. The summed E-state index contributed by atoms with van der Waals surface area (Å²) in [6.07, 6.45) is 6.81. The van der Waals surface area contributed by atoms with Crippen LogP contribution in [0.1, 0.15) is 32.6 Å². The monoisotopic (exact) mass is 274 g/mol. The first-order chi connectivity index (χ1) is 8.81. The van der Waals surface area contributed by atoms with E-state index in [0.717, 1.165) is 25.3 Å². The fraction of sp³-hybridized carbons (Fsp3) is 0.769. The van der Waals surface area contributed by atoms with Gasteiger partial charge in [-0.1, -0.05) is 32.4 Å². The van der Waals surface area contributed by atoms with Crippen molar-refractivity contribution in [1.82, 2.24) is 0 Å². The predicted octanol–water partition coefficient (Wildman–Crippen LogP) is 1.83. The Kier molecular flexibility index (Phi) is 13.9. The zero-order valence-corrected chi connectivity index (χ0v) is 12.9. The Morgan fingerprint density at radius 3 is 2.72 bits per heavy atom. The van der Waals surface area contributed by atoms with E-state index in [1.165, 1.54) is 25.3 Å². The van der Waals surface area contributed by atoms with Crippen LogP contribution in [-0.4, -0.2) is 41.7 Å². The van der Waals surface area contributed by atoms with Gasteiger partial charge in [-0.25, -0.2) is 4.79 Å². The van der Waals surface area contributed by atoms with Crippen molar-refractivity contribution in [3.63, 3.8) is 0 Å². The maximum atomic E-state index is 10.7. The van der Waals surface area contributed by atoms with Crippen LogP contribution in [0.3, 0.4) is 0 Å². The highest BCUT2D eigenvalue weighted by atomic mass is 28.2. The van der Waals surface area contributed by atoms with Gasteiger partial charge in [0.25, 0.3) is 0 Å². The summed E-state index contributed by atoms with van der Waals surface area (Å²) in [7, 11) is -0.103. The van der Waals surface area contributed by atoms with E-state index < -0.39 is 5.97 Å². The van der Waals surface area contributed by atoms with Crippen LogP contribution in [0.4, 0.5) is 0 Å². The molecule has 0 bridgehead atoms. The molecule has 0 atom stereocenters. The largest absolute Gasteiger partial charge is 0.435 e. The van der Waals surface area contributed by atoms with Gasteiger partial charge >= 0.3 is 5.97 Å². The highest BCUT2D eigenvalue weighted by Crippen LogP contribution is 1.95. The molecule has 0 spiro atoms. The van der Waals surface area contributed by atoms with Crippen molar-refractivity contribution in [3.05, 3.63) is 12.7 Å². The lowest BCUT2D eigenvalue weighted by atomic mass is 10.3. The Hall–Kier alpha value is -0.653. The van der Waals surface area contributed by atoms with Crippen LogP contribution in [0.25, 0.3) is 0 Å². The van der Waals surface area contributed by atoms with Crippen molar-refractivity contribution in [1.29, 1.82) is 0 Å². The molecule has 0 aromatic rings. The molecule has 4 nitrogen and oxygen atoms in total. The predicted molar refractivity (Wildman–Crippen MR) is 75.4 cm³/mol. The van der Waals surface area contributed by atoms with Gasteiger partial charge in [0, 0.05) is 18.9 Å². The van der Waals surface area contributed by atoms with Gasteiger partial charge in [-0.2, -0.15) is 0 Å². The average molecular weight is 274 g/mol. The molecular formula is C13H26O4Si. The fourth-order valence-electron chi connectivity index (χ4n) is 1.36. The lowest BCUT2D eigenvalue weighted by Gasteiger charge is -2.05. The number of esters is 1. The minimum Gasteiger partial charge on any atom is -0.435 e. The van der Waals surface area contributed by atoms with E-state index in [-0.39, 0.29) is 16.3 Å². The normalized spacial score (nSPS) is 10.9. The SMILES string of the molecule is C=CC(=O)OCOCCC[SiH2]COCCCCC. The number of hydrogen-bond donors (Lipinski definition) is 0. The molecule has 5 heteroatoms. The van der Waals surface area contributed by atoms with Crippen LogP contribution >= 0.6 is 0 Å². The Labute approximate surface area is 113 Å². The molecule has 0 amide bonds. The number of carbonyl (C=O) groups excluding carboxylic acids is 1. The number of ether oxygens (including phenoxy) is 3. The van der Waals surface area contributed by atoms with Crippen LogP contribution in [0.5, 0.6) is 0 Å². The van der Waals surface area contributed by atoms with E-state index in [0.29, 0.717) is 6.61 Å². The van der Waals surface area contributed by atoms with Gasteiger partial charge in [0.15, 0.2) is 6.79 Å². The van der Waals surface area contributed by atoms with E-state index in [9.17, 15) is 4.79 Å². The standard InChI is InChI=1S/C13H26O4Si/c1-3-5-6-8-16-12-18-10-7-9-15-11-17-13(14)4-2/h4H,2-3,5-12,18H2,1H3. The van der Waals surface area contributed by atoms with E-state index in [4.69, 9.17) is 9.47 Å². The molecule has 0 saturated heterocycles. The molecule has 0 aromatic heterocycles. The number of rotatable bonds is 13. The topological polar surface area (TPSA) is 44.8 Å². The summed E-state index contributed by atoms with van der Waals surface area (Å²) in [5.41, 5.74) is 0. The first-order valence-electron chi connectivity index (χ1n) is 6.76. The molecule has 0 unspecified atom stereocenters. The summed E-state index contributed by atoms with van der Waals surface area (Å²) >= 11 is 0. The summed E-state index contributed by atoms with van der Waals surface area (Å²) in [6.45, 7) is 7.08. The number of carbonyl (C=O) groups is 1. The highest BCUT2D eigenvalue weighted by molar-refractivity contribution is 6.35. The number of unbranched alkanes of at least 4 members (excludes halogenated alkanes) is 2. The maximum Gasteiger partial charge on any atom is 0.332 e. The van der Waals surface area contributed by atoms with E-state index in [1.807, 2.05) is 0 Å². The number of hydrogen-bond acceptors (Lipinski definition) is 4. The molecule has 0 aromatic carbocycles. The van der Waals surface area contributed by atoms with Crippen LogP contribution in [0.15, 0.2) is 12.7 Å². The first-order valence-corrected chi connectivity index (χ1v) is 8.76. The quantitative estimate of drug-likeness (QED) is 0.169. The van der Waals surface area contributed by atoms with Crippen molar-refractivity contribution >= 4 is 15.5 Å². The second kappa shape index (κ2) is 14.4. The molecule has 0 N–H and O–H groups in total. The van der Waals surface area contributed by atoms with Crippen molar-refractivity contribution in [2.24, 2.45) is 0 Å². The zero-order chi connectivity index (χ0) is 13.5. The Morgan fingerprint density at radius 1 is 1.22 bits per heavy atom. The summed E-state index contributed by atoms with van der Waals surface area (Å²) < 4.78 is 15.4. The van der Waals surface area contributed by atoms with Crippen molar-refractivity contribution in [2.75, 3.05) is 26.2 Å². The van der Waals surface area contributed by atoms with Crippen molar-refractivity contribution in [2.45, 2.75) is 38.7 Å². The molecule has 0 aliphatic heterocycles. The lowest BCUT2D eigenvalue weighted by molar-refractivity contribution is -0.150. The van der Waals surface area contributed by atoms with Gasteiger partial charge in [-0.3, -0.25) is 0 Å². The molecule has 0 saturated carbocycles. The molecule has 106 valence electrons. The molecule has 0 fully saturated rings. The second-order valence-electron chi connectivity index (χ2n) is 4.07. The van der Waals surface area contributed by atoms with Crippen LogP contribution in [-0.2, 0) is 19.0 Å². The van der Waals surface area contributed by atoms with E-state index >= 15 is 0 Å². The Morgan fingerprint density at radius 2 is 2.00 bits per heavy atom. The molecular weight excluding hydrogens is 248 g/mol. The third-order valence-corrected chi connectivity index (χ3v) is 4.00. The minimum absolute atomic E-state index is 0.0277. The summed E-state index contributed by atoms with van der Waals surface area (Å²) in [5, 5.41) is 0. The highest BCUT2D eigenvalue weighted by Gasteiger charge is 1.95. The zero-order valence-electron chi connectivity index (χ0n) is 11.5. The van der Waals surface area contributed by atoms with Gasteiger partial charge in [-0.05, 0) is 12.8 Å². The Bertz CT molecular complexity index is 209. The fourth-order valence-corrected chi connectivity index (χ4v) is 2.53. The van der Waals surface area contributed by atoms with Gasteiger partial charge in [0.1, 0.15) is 0 Å². The molecule has 0 aliphatic rings.